The molecule has 4 rings (SSSR count). The smallest absolute Gasteiger partial charge is 0.261 e. The zero-order valence-corrected chi connectivity index (χ0v) is 16.3. The van der Waals surface area contributed by atoms with E-state index in [1.165, 1.54) is 34.2 Å². The normalized spacial score (nSPS) is 10.9. The highest BCUT2D eigenvalue weighted by Crippen LogP contribution is 2.29. The standard InChI is InChI=1S/C18H12ClFN4OS2/c1-10-8-15(22-17(25)16-11(19)4-2-5-12(16)20)24(23-10)18-21-13(9-27-18)14-6-3-7-26-14/h2-9H,1H3,(H,22,25). The van der Waals surface area contributed by atoms with E-state index in [2.05, 4.69) is 15.4 Å². The number of aromatic nitrogens is 3. The number of carbonyl (C=O) groups excluding carboxylic acids is 1. The van der Waals surface area contributed by atoms with Crippen LogP contribution in [0.25, 0.3) is 15.7 Å². The van der Waals surface area contributed by atoms with Crippen LogP contribution in [0.4, 0.5) is 10.2 Å². The van der Waals surface area contributed by atoms with E-state index in [4.69, 9.17) is 11.6 Å². The monoisotopic (exact) mass is 418 g/mol. The van der Waals surface area contributed by atoms with Gasteiger partial charge in [-0.05, 0) is 30.5 Å². The van der Waals surface area contributed by atoms with Crippen molar-refractivity contribution in [1.82, 2.24) is 14.8 Å². The topological polar surface area (TPSA) is 59.8 Å². The average Bonchev–Trinajstić information content (AvgIpc) is 3.34. The molecule has 1 aromatic carbocycles. The number of benzene rings is 1. The number of amides is 1. The molecule has 3 heterocycles. The summed E-state index contributed by atoms with van der Waals surface area (Å²) >= 11 is 8.98. The molecule has 1 N–H and O–H groups in total. The van der Waals surface area contributed by atoms with E-state index >= 15 is 0 Å². The number of thiophene rings is 1. The van der Waals surface area contributed by atoms with Gasteiger partial charge in [-0.3, -0.25) is 4.79 Å². The third kappa shape index (κ3) is 3.51. The fourth-order valence-electron chi connectivity index (χ4n) is 2.53. The van der Waals surface area contributed by atoms with Crippen molar-refractivity contribution in [1.29, 1.82) is 0 Å². The number of halogens is 2. The van der Waals surface area contributed by atoms with Crippen molar-refractivity contribution < 1.29 is 9.18 Å². The molecule has 0 saturated heterocycles. The van der Waals surface area contributed by atoms with Crippen LogP contribution in [0.15, 0.2) is 47.2 Å². The highest BCUT2D eigenvalue weighted by Gasteiger charge is 2.19. The van der Waals surface area contributed by atoms with Crippen LogP contribution in [0.2, 0.25) is 5.02 Å². The summed E-state index contributed by atoms with van der Waals surface area (Å²) < 4.78 is 15.5. The number of nitrogens with one attached hydrogen (secondary N) is 1. The first-order valence-electron chi connectivity index (χ1n) is 7.85. The molecular formula is C18H12ClFN4OS2. The van der Waals surface area contributed by atoms with Crippen molar-refractivity contribution in [3.8, 4) is 15.7 Å². The summed E-state index contributed by atoms with van der Waals surface area (Å²) in [5.74, 6) is -0.935. The Balaban J connectivity index is 1.67. The molecule has 3 aromatic heterocycles. The highest BCUT2D eigenvalue weighted by atomic mass is 35.5. The van der Waals surface area contributed by atoms with Gasteiger partial charge in [0, 0.05) is 11.4 Å². The van der Waals surface area contributed by atoms with E-state index in [-0.39, 0.29) is 10.6 Å². The average molecular weight is 419 g/mol. The van der Waals surface area contributed by atoms with Gasteiger partial charge in [0.1, 0.15) is 11.6 Å². The molecule has 0 atom stereocenters. The molecule has 5 nitrogen and oxygen atoms in total. The lowest BCUT2D eigenvalue weighted by Crippen LogP contribution is -2.17. The number of carbonyl (C=O) groups is 1. The summed E-state index contributed by atoms with van der Waals surface area (Å²) in [6.45, 7) is 1.80. The Hall–Kier alpha value is -2.55. The highest BCUT2D eigenvalue weighted by molar-refractivity contribution is 7.15. The van der Waals surface area contributed by atoms with Crippen LogP contribution in [0.5, 0.6) is 0 Å². The summed E-state index contributed by atoms with van der Waals surface area (Å²) in [4.78, 5) is 18.2. The van der Waals surface area contributed by atoms with Crippen LogP contribution in [0, 0.1) is 12.7 Å². The van der Waals surface area contributed by atoms with Crippen LogP contribution in [0.3, 0.4) is 0 Å². The van der Waals surface area contributed by atoms with E-state index < -0.39 is 11.7 Å². The van der Waals surface area contributed by atoms with Crippen molar-refractivity contribution >= 4 is 46.0 Å². The predicted octanol–water partition coefficient (Wildman–Crippen LogP) is 5.41. The second-order valence-electron chi connectivity index (χ2n) is 5.63. The van der Waals surface area contributed by atoms with Gasteiger partial charge in [-0.15, -0.1) is 22.7 Å². The SMILES string of the molecule is Cc1cc(NC(=O)c2c(F)cccc2Cl)n(-c2nc(-c3cccs3)cs2)n1. The fraction of sp³-hybridized carbons (Fsp3) is 0.0556. The Labute approximate surface area is 167 Å². The zero-order chi connectivity index (χ0) is 19.0. The molecule has 0 saturated carbocycles. The maximum Gasteiger partial charge on any atom is 0.261 e. The van der Waals surface area contributed by atoms with Crippen LogP contribution in [-0.4, -0.2) is 20.7 Å². The number of aryl methyl sites for hydroxylation is 1. The first-order chi connectivity index (χ1) is 13.0. The molecule has 0 aliphatic carbocycles. The molecule has 0 unspecified atom stereocenters. The Bertz CT molecular complexity index is 1100. The molecule has 0 spiro atoms. The van der Waals surface area contributed by atoms with E-state index in [0.717, 1.165) is 10.6 Å². The zero-order valence-electron chi connectivity index (χ0n) is 13.9. The summed E-state index contributed by atoms with van der Waals surface area (Å²) in [5.41, 5.74) is 1.33. The number of hydrogen-bond acceptors (Lipinski definition) is 5. The van der Waals surface area contributed by atoms with Crippen LogP contribution in [-0.2, 0) is 0 Å². The van der Waals surface area contributed by atoms with Gasteiger partial charge >= 0.3 is 0 Å². The van der Waals surface area contributed by atoms with E-state index in [0.29, 0.717) is 16.6 Å². The molecule has 0 aliphatic rings. The molecule has 0 aliphatic heterocycles. The Morgan fingerprint density at radius 3 is 2.85 bits per heavy atom. The Morgan fingerprint density at radius 2 is 2.11 bits per heavy atom. The van der Waals surface area contributed by atoms with Crippen molar-refractivity contribution in [3.05, 3.63) is 69.3 Å². The van der Waals surface area contributed by atoms with Gasteiger partial charge in [0.15, 0.2) is 0 Å². The van der Waals surface area contributed by atoms with Gasteiger partial charge in [0.2, 0.25) is 5.13 Å². The van der Waals surface area contributed by atoms with Crippen molar-refractivity contribution in [2.45, 2.75) is 6.92 Å². The molecular weight excluding hydrogens is 407 g/mol. The largest absolute Gasteiger partial charge is 0.306 e. The number of thiazole rings is 1. The fourth-order valence-corrected chi connectivity index (χ4v) is 4.32. The van der Waals surface area contributed by atoms with E-state index in [1.807, 2.05) is 22.9 Å². The van der Waals surface area contributed by atoms with Crippen molar-refractivity contribution in [2.24, 2.45) is 0 Å². The summed E-state index contributed by atoms with van der Waals surface area (Å²) in [7, 11) is 0. The summed E-state index contributed by atoms with van der Waals surface area (Å²) in [6.07, 6.45) is 0. The molecule has 0 radical (unpaired) electrons. The first kappa shape index (κ1) is 17.8. The van der Waals surface area contributed by atoms with E-state index in [1.54, 1.807) is 24.3 Å². The van der Waals surface area contributed by atoms with E-state index in [9.17, 15) is 9.18 Å². The number of nitrogens with zero attached hydrogens (tertiary/aromatic N) is 3. The third-order valence-electron chi connectivity index (χ3n) is 3.71. The minimum atomic E-state index is -0.683. The number of anilines is 1. The summed E-state index contributed by atoms with van der Waals surface area (Å²) in [5, 5.41) is 11.6. The lowest BCUT2D eigenvalue weighted by molar-refractivity contribution is 0.102. The molecule has 0 fully saturated rings. The lowest BCUT2D eigenvalue weighted by atomic mass is 10.2. The van der Waals surface area contributed by atoms with Gasteiger partial charge in [0.05, 0.1) is 26.9 Å². The minimum absolute atomic E-state index is 0.0458. The molecule has 0 bridgehead atoms. The molecule has 9 heteroatoms. The maximum atomic E-state index is 14.0. The number of rotatable bonds is 4. The van der Waals surface area contributed by atoms with Gasteiger partial charge in [-0.1, -0.05) is 23.7 Å². The molecule has 27 heavy (non-hydrogen) atoms. The van der Waals surface area contributed by atoms with Crippen molar-refractivity contribution in [2.75, 3.05) is 5.32 Å². The Morgan fingerprint density at radius 1 is 1.26 bits per heavy atom. The van der Waals surface area contributed by atoms with Gasteiger partial charge in [0.25, 0.3) is 5.91 Å². The van der Waals surface area contributed by atoms with Gasteiger partial charge in [-0.2, -0.15) is 9.78 Å². The van der Waals surface area contributed by atoms with Crippen molar-refractivity contribution in [3.63, 3.8) is 0 Å². The summed E-state index contributed by atoms with van der Waals surface area (Å²) in [6, 6.07) is 9.75. The minimum Gasteiger partial charge on any atom is -0.306 e. The van der Waals surface area contributed by atoms with Crippen LogP contribution in [0.1, 0.15) is 16.1 Å². The Kier molecular flexibility index (Phi) is 4.77. The molecule has 136 valence electrons. The number of hydrogen-bond donors (Lipinski definition) is 1. The first-order valence-corrected chi connectivity index (χ1v) is 9.98. The van der Waals surface area contributed by atoms with Gasteiger partial charge < -0.3 is 5.32 Å². The third-order valence-corrected chi connectivity index (χ3v) is 5.73. The molecule has 1 amide bonds. The molecule has 4 aromatic rings. The van der Waals surface area contributed by atoms with Gasteiger partial charge in [-0.25, -0.2) is 9.37 Å². The second-order valence-corrected chi connectivity index (χ2v) is 7.82. The van der Waals surface area contributed by atoms with Crippen LogP contribution >= 0.6 is 34.3 Å². The van der Waals surface area contributed by atoms with Crippen LogP contribution < -0.4 is 5.32 Å². The second kappa shape index (κ2) is 7.22. The predicted molar refractivity (Wildman–Crippen MR) is 107 cm³/mol. The maximum absolute atomic E-state index is 14.0. The lowest BCUT2D eigenvalue weighted by Gasteiger charge is -2.08. The quantitative estimate of drug-likeness (QED) is 0.482.